The number of aromatic nitrogens is 6. The molecule has 0 aliphatic heterocycles. The first-order valence-corrected chi connectivity index (χ1v) is 23.5. The molecule has 2 aliphatic rings. The van der Waals surface area contributed by atoms with Crippen molar-refractivity contribution in [1.29, 1.82) is 0 Å². The van der Waals surface area contributed by atoms with Gasteiger partial charge in [-0.3, -0.25) is 15.0 Å². The molecule has 4 heterocycles. The third-order valence-corrected chi connectivity index (χ3v) is 14.2. The summed E-state index contributed by atoms with van der Waals surface area (Å²) in [5.74, 6) is 3.25. The summed E-state index contributed by atoms with van der Waals surface area (Å²) < 4.78 is 0. The van der Waals surface area contributed by atoms with E-state index < -0.39 is 0 Å². The Balaban J connectivity index is 1.09. The Morgan fingerprint density at radius 3 is 1.38 bits per heavy atom. The van der Waals surface area contributed by atoms with Crippen LogP contribution in [0.15, 0.2) is 128 Å². The van der Waals surface area contributed by atoms with Crippen LogP contribution in [0.1, 0.15) is 110 Å². The average molecular weight is 829 g/mol. The summed E-state index contributed by atoms with van der Waals surface area (Å²) in [6.07, 6.45) is 21.3. The van der Waals surface area contributed by atoms with Gasteiger partial charge < -0.3 is 0 Å². The van der Waals surface area contributed by atoms with E-state index in [4.69, 9.17) is 29.9 Å². The van der Waals surface area contributed by atoms with Gasteiger partial charge in [-0.05, 0) is 71.3 Å². The molecule has 7 heteroatoms. The normalized spacial score (nSPS) is 15.3. The first-order chi connectivity index (χ1) is 30.5. The fraction of sp³-hybridized carbons (Fsp3) is 0.357. The van der Waals surface area contributed by atoms with Crippen molar-refractivity contribution in [1.82, 2.24) is 29.9 Å². The van der Waals surface area contributed by atoms with E-state index in [-0.39, 0.29) is 10.8 Å². The molecule has 2 fully saturated rings. The maximum absolute atomic E-state index is 5.22. The number of benzene rings is 3. The molecule has 63 heavy (non-hydrogen) atoms. The summed E-state index contributed by atoms with van der Waals surface area (Å²) in [4.78, 5) is 30.3. The second-order valence-corrected chi connectivity index (χ2v) is 19.9. The molecule has 0 atom stereocenters. The summed E-state index contributed by atoms with van der Waals surface area (Å²) in [7, 11) is 0. The monoisotopic (exact) mass is 829 g/mol. The second kappa shape index (κ2) is 18.1. The SMILES string of the molecule is CB(c1cncc(-c2cccc(-c3nc(-c4cccc(-c5ccc(C(C)(C)C)nc5)c4)nc(-c4cccc(-c5ccc(C(C)(C)C6CCCCC6)nc5)c4)n3)c2)c1)C1CCCCC1. The van der Waals surface area contributed by atoms with Crippen molar-refractivity contribution < 1.29 is 0 Å². The van der Waals surface area contributed by atoms with Crippen molar-refractivity contribution >= 4 is 12.2 Å². The second-order valence-electron chi connectivity index (χ2n) is 19.9. The van der Waals surface area contributed by atoms with Gasteiger partial charge in [0.1, 0.15) is 0 Å². The van der Waals surface area contributed by atoms with E-state index in [2.05, 4.69) is 151 Å². The summed E-state index contributed by atoms with van der Waals surface area (Å²) in [6.45, 7) is 14.2. The Morgan fingerprint density at radius 1 is 0.444 bits per heavy atom. The molecular formula is C56H61BN6. The molecule has 0 spiro atoms. The maximum atomic E-state index is 5.22. The van der Waals surface area contributed by atoms with E-state index in [1.165, 1.54) is 75.4 Å². The molecule has 6 nitrogen and oxygen atoms in total. The molecule has 7 aromatic rings. The largest absolute Gasteiger partial charge is 0.265 e. The van der Waals surface area contributed by atoms with Gasteiger partial charge in [0.05, 0.1) is 0 Å². The van der Waals surface area contributed by atoms with Crippen LogP contribution in [-0.2, 0) is 10.8 Å². The van der Waals surface area contributed by atoms with Gasteiger partial charge in [-0.15, -0.1) is 0 Å². The zero-order valence-corrected chi connectivity index (χ0v) is 38.1. The van der Waals surface area contributed by atoms with Gasteiger partial charge >= 0.3 is 0 Å². The standard InChI is InChI=1S/C56H61BN6/c1-55(2,3)50-28-26-44(35-59-50)38-16-13-19-41(30-38)52-61-53(42-20-14-17-39(31-42)45-27-29-51(60-36-45)56(4,5)47-22-9-7-10-23-47)63-54(62-52)43-21-15-18-40(32-43)46-33-49(37-58-34-46)57(6)48-24-11-8-12-25-48/h13-21,26-37,47-48H,7-12,22-25H2,1-6H3. The predicted molar refractivity (Wildman–Crippen MR) is 262 cm³/mol. The van der Waals surface area contributed by atoms with Crippen LogP contribution in [0.25, 0.3) is 67.5 Å². The Bertz CT molecular complexity index is 2670. The zero-order chi connectivity index (χ0) is 43.6. The third-order valence-electron chi connectivity index (χ3n) is 14.2. The summed E-state index contributed by atoms with van der Waals surface area (Å²) in [5, 5.41) is 0. The summed E-state index contributed by atoms with van der Waals surface area (Å²) >= 11 is 0. The minimum absolute atomic E-state index is 0.0231. The highest BCUT2D eigenvalue weighted by atomic mass is 15.0. The molecular weight excluding hydrogens is 767 g/mol. The van der Waals surface area contributed by atoms with E-state index >= 15 is 0 Å². The Labute approximate surface area is 375 Å². The number of hydrogen-bond acceptors (Lipinski definition) is 6. The summed E-state index contributed by atoms with van der Waals surface area (Å²) in [6, 6.07) is 36.7. The van der Waals surface area contributed by atoms with Crippen molar-refractivity contribution in [3.63, 3.8) is 0 Å². The van der Waals surface area contributed by atoms with E-state index in [9.17, 15) is 0 Å². The fourth-order valence-electron chi connectivity index (χ4n) is 10.0. The van der Waals surface area contributed by atoms with Crippen LogP contribution in [0.3, 0.4) is 0 Å². The molecule has 0 radical (unpaired) electrons. The molecule has 0 saturated heterocycles. The van der Waals surface area contributed by atoms with Crippen molar-refractivity contribution in [2.24, 2.45) is 5.92 Å². The molecule has 2 aliphatic carbocycles. The molecule has 318 valence electrons. The first-order valence-electron chi connectivity index (χ1n) is 23.5. The molecule has 2 saturated carbocycles. The van der Waals surface area contributed by atoms with Gasteiger partial charge in [-0.2, -0.15) is 0 Å². The average Bonchev–Trinajstić information content (AvgIpc) is 3.34. The molecule has 4 aromatic heterocycles. The van der Waals surface area contributed by atoms with Gasteiger partial charge in [-0.25, -0.2) is 15.0 Å². The topological polar surface area (TPSA) is 77.3 Å². The van der Waals surface area contributed by atoms with Gasteiger partial charge in [0.2, 0.25) is 0 Å². The Kier molecular flexibility index (Phi) is 12.2. The van der Waals surface area contributed by atoms with Crippen LogP contribution >= 0.6 is 0 Å². The van der Waals surface area contributed by atoms with Crippen molar-refractivity contribution in [3.8, 4) is 67.5 Å². The number of pyridine rings is 3. The Hall–Kier alpha value is -5.82. The van der Waals surface area contributed by atoms with E-state index in [0.29, 0.717) is 35.9 Å². The van der Waals surface area contributed by atoms with Crippen LogP contribution in [0, 0.1) is 5.92 Å². The highest BCUT2D eigenvalue weighted by Crippen LogP contribution is 2.41. The van der Waals surface area contributed by atoms with Gasteiger partial charge in [0.15, 0.2) is 24.2 Å². The van der Waals surface area contributed by atoms with Crippen molar-refractivity contribution in [2.45, 2.75) is 122 Å². The van der Waals surface area contributed by atoms with E-state index in [1.54, 1.807) is 0 Å². The minimum Gasteiger partial charge on any atom is -0.265 e. The molecule has 0 amide bonds. The molecule has 3 aromatic carbocycles. The van der Waals surface area contributed by atoms with E-state index in [1.807, 2.05) is 18.6 Å². The Morgan fingerprint density at radius 2 is 0.905 bits per heavy atom. The molecule has 0 unspecified atom stereocenters. The summed E-state index contributed by atoms with van der Waals surface area (Å²) in [5.41, 5.74) is 12.8. The molecule has 0 bridgehead atoms. The van der Waals surface area contributed by atoms with Crippen LogP contribution in [0.5, 0.6) is 0 Å². The number of rotatable bonds is 10. The van der Waals surface area contributed by atoms with Crippen molar-refractivity contribution in [3.05, 3.63) is 139 Å². The lowest BCUT2D eigenvalue weighted by atomic mass is 9.37. The number of nitrogens with zero attached hydrogens (tertiary/aromatic N) is 6. The quantitative estimate of drug-likeness (QED) is 0.128. The lowest BCUT2D eigenvalue weighted by Gasteiger charge is -2.36. The van der Waals surface area contributed by atoms with E-state index in [0.717, 1.165) is 55.8 Å². The molecule has 9 rings (SSSR count). The highest BCUT2D eigenvalue weighted by molar-refractivity contribution is 6.73. The minimum atomic E-state index is -0.0231. The fourth-order valence-corrected chi connectivity index (χ4v) is 10.0. The van der Waals surface area contributed by atoms with Gasteiger partial charge in [0, 0.05) is 74.8 Å². The van der Waals surface area contributed by atoms with Crippen molar-refractivity contribution in [2.75, 3.05) is 0 Å². The van der Waals surface area contributed by atoms with Crippen LogP contribution in [0.2, 0.25) is 12.6 Å². The lowest BCUT2D eigenvalue weighted by Crippen LogP contribution is -2.33. The maximum Gasteiger partial charge on any atom is 0.177 e. The number of hydrogen-bond donors (Lipinski definition) is 0. The first kappa shape index (κ1) is 42.5. The third kappa shape index (κ3) is 9.44. The zero-order valence-electron chi connectivity index (χ0n) is 38.1. The van der Waals surface area contributed by atoms with Crippen LogP contribution < -0.4 is 5.46 Å². The van der Waals surface area contributed by atoms with Crippen LogP contribution in [0.4, 0.5) is 0 Å². The molecule has 0 N–H and O–H groups in total. The predicted octanol–water partition coefficient (Wildman–Crippen LogP) is 13.9. The van der Waals surface area contributed by atoms with Gasteiger partial charge in [0.25, 0.3) is 0 Å². The smallest absolute Gasteiger partial charge is 0.177 e. The highest BCUT2D eigenvalue weighted by Gasteiger charge is 2.33. The van der Waals surface area contributed by atoms with Crippen LogP contribution in [-0.4, -0.2) is 36.6 Å². The van der Waals surface area contributed by atoms with Gasteiger partial charge in [-0.1, -0.05) is 177 Å². The lowest BCUT2D eigenvalue weighted by molar-refractivity contribution is 0.231.